The van der Waals surface area contributed by atoms with Crippen LogP contribution in [0.4, 0.5) is 16.0 Å². The molecular weight excluding hydrogens is 537 g/mol. The lowest BCUT2D eigenvalue weighted by atomic mass is 9.97. The number of hydrogen-bond acceptors (Lipinski definition) is 9. The molecule has 3 heterocycles. The fourth-order valence-electron chi connectivity index (χ4n) is 4.85. The second-order valence-corrected chi connectivity index (χ2v) is 12.7. The van der Waals surface area contributed by atoms with Crippen molar-refractivity contribution in [2.24, 2.45) is 11.8 Å². The van der Waals surface area contributed by atoms with Crippen molar-refractivity contribution in [2.75, 3.05) is 17.2 Å². The predicted octanol–water partition coefficient (Wildman–Crippen LogP) is 3.96. The summed E-state index contributed by atoms with van der Waals surface area (Å²) < 4.78 is 48.1. The number of aromatic nitrogens is 2. The van der Waals surface area contributed by atoms with Crippen LogP contribution >= 0.6 is 0 Å². The molecular formula is C28H34FN5O5S. The molecule has 1 aromatic carbocycles. The lowest BCUT2D eigenvalue weighted by Crippen LogP contribution is -2.45. The highest BCUT2D eigenvalue weighted by molar-refractivity contribution is 7.90. The number of amides is 1. The second-order valence-electron chi connectivity index (χ2n) is 11.1. The van der Waals surface area contributed by atoms with E-state index >= 15 is 0 Å². The summed E-state index contributed by atoms with van der Waals surface area (Å²) in [5, 5.41) is 10.7. The number of sulfonamides is 1. The molecule has 4 rings (SSSR count). The lowest BCUT2D eigenvalue weighted by molar-refractivity contribution is 0.0980. The number of aliphatic hydroxyl groups excluding tert-OH is 1. The highest BCUT2D eigenvalue weighted by Crippen LogP contribution is 2.41. The molecule has 40 heavy (non-hydrogen) atoms. The maximum absolute atomic E-state index is 14.6. The minimum absolute atomic E-state index is 0.0233. The first kappa shape index (κ1) is 29.2. The van der Waals surface area contributed by atoms with Crippen molar-refractivity contribution in [2.45, 2.75) is 57.8 Å². The van der Waals surface area contributed by atoms with E-state index in [1.807, 2.05) is 39.3 Å². The van der Waals surface area contributed by atoms with Crippen LogP contribution in [-0.4, -0.2) is 47.8 Å². The lowest BCUT2D eigenvalue weighted by Gasteiger charge is -2.36. The molecule has 0 spiro atoms. The summed E-state index contributed by atoms with van der Waals surface area (Å²) in [4.78, 5) is 23.5. The van der Waals surface area contributed by atoms with Gasteiger partial charge in [0.1, 0.15) is 29.4 Å². The van der Waals surface area contributed by atoms with Gasteiger partial charge in [-0.25, -0.2) is 19.1 Å². The van der Waals surface area contributed by atoms with Gasteiger partial charge >= 0.3 is 0 Å². The molecule has 1 aliphatic rings. The van der Waals surface area contributed by atoms with Gasteiger partial charge in [-0.2, -0.15) is 8.42 Å². The van der Waals surface area contributed by atoms with Crippen LogP contribution in [0, 0.1) is 17.7 Å². The van der Waals surface area contributed by atoms with E-state index in [0.29, 0.717) is 30.0 Å². The quantitative estimate of drug-likeness (QED) is 0.365. The molecule has 1 unspecified atom stereocenters. The number of carbonyl (C=O) groups excluding carboxylic acids is 1. The number of nitrogens with zero attached hydrogens (tertiary/aromatic N) is 3. The Kier molecular flexibility index (Phi) is 8.04. The number of nitrogens with one attached hydrogen (secondary N) is 1. The van der Waals surface area contributed by atoms with Gasteiger partial charge in [-0.15, -0.1) is 0 Å². The normalized spacial score (nSPS) is 18.6. The van der Waals surface area contributed by atoms with Gasteiger partial charge in [0.25, 0.3) is 15.9 Å². The number of halogens is 1. The van der Waals surface area contributed by atoms with Crippen LogP contribution in [0.5, 0.6) is 5.75 Å². The Labute approximate surface area is 233 Å². The van der Waals surface area contributed by atoms with Crippen LogP contribution in [0.2, 0.25) is 0 Å². The van der Waals surface area contributed by atoms with E-state index in [-0.39, 0.29) is 29.0 Å². The molecule has 0 bridgehead atoms. The average molecular weight is 572 g/mol. The van der Waals surface area contributed by atoms with E-state index in [0.717, 1.165) is 0 Å². The molecule has 1 amide bonds. The van der Waals surface area contributed by atoms with E-state index in [1.54, 1.807) is 11.0 Å². The van der Waals surface area contributed by atoms with Crippen LogP contribution in [0.25, 0.3) is 11.3 Å². The fourth-order valence-corrected chi connectivity index (χ4v) is 5.79. The van der Waals surface area contributed by atoms with Crippen LogP contribution in [0.3, 0.4) is 0 Å². The molecule has 3 aromatic rings. The number of benzene rings is 1. The van der Waals surface area contributed by atoms with E-state index in [4.69, 9.17) is 10.5 Å². The Morgan fingerprint density at radius 1 is 1.23 bits per heavy atom. The predicted molar refractivity (Wildman–Crippen MR) is 150 cm³/mol. The molecule has 12 heteroatoms. The minimum Gasteiger partial charge on any atom is -0.493 e. The molecule has 2 aromatic heterocycles. The largest absolute Gasteiger partial charge is 0.493 e. The molecule has 1 saturated heterocycles. The zero-order valence-electron chi connectivity index (χ0n) is 23.1. The summed E-state index contributed by atoms with van der Waals surface area (Å²) in [5.74, 6) is -1.08. The SMILES string of the molecule is CC(C)COc1cc(F)cc(-c2ccc(C(=O)NS(=O)(=O)c3cccc(N)n3)c(N3C(O)[C@@H](C)CC3(C)C)n2)c1. The summed E-state index contributed by atoms with van der Waals surface area (Å²) in [6.07, 6.45) is -0.422. The number of anilines is 2. The zero-order chi connectivity index (χ0) is 29.4. The third kappa shape index (κ3) is 6.18. The first-order valence-corrected chi connectivity index (χ1v) is 14.4. The summed E-state index contributed by atoms with van der Waals surface area (Å²) in [5.41, 5.74) is 5.59. The van der Waals surface area contributed by atoms with E-state index < -0.39 is 38.5 Å². The molecule has 1 fully saturated rings. The third-order valence-electron chi connectivity index (χ3n) is 6.59. The van der Waals surface area contributed by atoms with Crippen molar-refractivity contribution in [3.8, 4) is 17.0 Å². The molecule has 1 aliphatic heterocycles. The maximum atomic E-state index is 14.6. The molecule has 0 saturated carbocycles. The van der Waals surface area contributed by atoms with Gasteiger partial charge in [0, 0.05) is 23.1 Å². The highest BCUT2D eigenvalue weighted by atomic mass is 32.2. The molecule has 10 nitrogen and oxygen atoms in total. The van der Waals surface area contributed by atoms with Crippen molar-refractivity contribution in [3.05, 3.63) is 59.9 Å². The third-order valence-corrected chi connectivity index (χ3v) is 7.83. The average Bonchev–Trinajstić information content (AvgIpc) is 3.07. The van der Waals surface area contributed by atoms with Gasteiger partial charge in [0.05, 0.1) is 17.9 Å². The van der Waals surface area contributed by atoms with E-state index in [1.165, 1.54) is 42.5 Å². The van der Waals surface area contributed by atoms with Crippen LogP contribution in [0.15, 0.2) is 53.6 Å². The summed E-state index contributed by atoms with van der Waals surface area (Å²) in [7, 11) is -4.38. The summed E-state index contributed by atoms with van der Waals surface area (Å²) >= 11 is 0. The fraction of sp³-hybridized carbons (Fsp3) is 0.393. The number of pyridine rings is 2. The smallest absolute Gasteiger partial charge is 0.281 e. The topological polar surface area (TPSA) is 148 Å². The Morgan fingerprint density at radius 3 is 2.58 bits per heavy atom. The van der Waals surface area contributed by atoms with Crippen molar-refractivity contribution < 1.29 is 27.4 Å². The molecule has 0 aliphatic carbocycles. The number of carbonyl (C=O) groups is 1. The molecule has 214 valence electrons. The standard InChI is InChI=1S/C28H34FN5O5S/c1-16(2)15-39-20-12-18(11-19(29)13-20)22-10-9-21(25(31-22)34-27(36)17(3)14-28(34,4)5)26(35)33-40(37,38)24-8-6-7-23(30)32-24/h6-13,16-17,27,36H,14-15H2,1-5H3,(H2,30,32)(H,33,35)/t17-,27?/m0/s1. The van der Waals surface area contributed by atoms with Gasteiger partial charge in [0.2, 0.25) is 0 Å². The Bertz CT molecular complexity index is 1530. The van der Waals surface area contributed by atoms with Crippen molar-refractivity contribution in [1.29, 1.82) is 0 Å². The molecule has 2 atom stereocenters. The second kappa shape index (κ2) is 11.0. The number of ether oxygens (including phenoxy) is 1. The van der Waals surface area contributed by atoms with Crippen molar-refractivity contribution in [1.82, 2.24) is 14.7 Å². The van der Waals surface area contributed by atoms with Gasteiger partial charge < -0.3 is 20.5 Å². The monoisotopic (exact) mass is 571 g/mol. The highest BCUT2D eigenvalue weighted by Gasteiger charge is 2.45. The summed E-state index contributed by atoms with van der Waals surface area (Å²) in [6.45, 7) is 10.0. The van der Waals surface area contributed by atoms with Crippen LogP contribution < -0.4 is 20.1 Å². The minimum atomic E-state index is -4.38. The zero-order valence-corrected chi connectivity index (χ0v) is 23.9. The van der Waals surface area contributed by atoms with Gasteiger partial charge in [-0.05, 0) is 62.6 Å². The van der Waals surface area contributed by atoms with E-state index in [9.17, 15) is 22.7 Å². The Morgan fingerprint density at radius 2 is 1.95 bits per heavy atom. The Balaban J connectivity index is 1.80. The Hall–Kier alpha value is -3.77. The van der Waals surface area contributed by atoms with Gasteiger partial charge in [-0.3, -0.25) is 4.79 Å². The number of rotatable bonds is 8. The molecule has 0 radical (unpaired) electrons. The maximum Gasteiger partial charge on any atom is 0.281 e. The number of hydrogen-bond donors (Lipinski definition) is 3. The first-order valence-electron chi connectivity index (χ1n) is 12.9. The first-order chi connectivity index (χ1) is 18.7. The van der Waals surface area contributed by atoms with E-state index in [2.05, 4.69) is 9.97 Å². The number of nitrogens with two attached hydrogens (primary N) is 1. The van der Waals surface area contributed by atoms with Crippen LogP contribution in [0.1, 0.15) is 51.4 Å². The molecule has 4 N–H and O–H groups in total. The van der Waals surface area contributed by atoms with Gasteiger partial charge in [0.15, 0.2) is 5.03 Å². The summed E-state index contributed by atoms with van der Waals surface area (Å²) in [6, 6.07) is 11.1. The number of nitrogen functional groups attached to an aromatic ring is 1. The van der Waals surface area contributed by atoms with Gasteiger partial charge in [-0.1, -0.05) is 26.8 Å². The van der Waals surface area contributed by atoms with Crippen LogP contribution in [-0.2, 0) is 10.0 Å². The van der Waals surface area contributed by atoms with Crippen molar-refractivity contribution in [3.63, 3.8) is 0 Å². The van der Waals surface area contributed by atoms with Crippen molar-refractivity contribution >= 4 is 27.6 Å². The number of aliphatic hydroxyl groups is 1.